The minimum atomic E-state index is -0.276. The molecule has 0 aliphatic carbocycles. The molecule has 1 aromatic heterocycles. The highest BCUT2D eigenvalue weighted by atomic mass is 32.1. The van der Waals surface area contributed by atoms with E-state index in [4.69, 9.17) is 4.74 Å². The Morgan fingerprint density at radius 2 is 2.04 bits per heavy atom. The van der Waals surface area contributed by atoms with Crippen LogP contribution in [0.3, 0.4) is 0 Å². The summed E-state index contributed by atoms with van der Waals surface area (Å²) >= 11 is 1.57. The average Bonchev–Trinajstić information content (AvgIpc) is 3.06. The predicted molar refractivity (Wildman–Crippen MR) is 103 cm³/mol. The Morgan fingerprint density at radius 1 is 1.38 bits per heavy atom. The zero-order chi connectivity index (χ0) is 19.3. The summed E-state index contributed by atoms with van der Waals surface area (Å²) in [7, 11) is 0. The van der Waals surface area contributed by atoms with Crippen molar-refractivity contribution in [2.45, 2.75) is 65.0 Å². The first-order valence-corrected chi connectivity index (χ1v) is 10.0. The van der Waals surface area contributed by atoms with Crippen LogP contribution in [0, 0.1) is 0 Å². The molecule has 7 nitrogen and oxygen atoms in total. The SMILES string of the molecule is CCOC(=O)N1CCC(NC(=O)NC(C)c2nc(C(C)(C)C)cs2)CC1. The summed E-state index contributed by atoms with van der Waals surface area (Å²) in [6.45, 7) is 11.7. The van der Waals surface area contributed by atoms with Gasteiger partial charge in [-0.1, -0.05) is 20.8 Å². The molecule has 0 aromatic carbocycles. The van der Waals surface area contributed by atoms with Crippen LogP contribution in [0.1, 0.15) is 64.2 Å². The molecule has 1 aromatic rings. The third kappa shape index (κ3) is 5.59. The average molecular weight is 383 g/mol. The second-order valence-electron chi connectivity index (χ2n) is 7.62. The van der Waals surface area contributed by atoms with E-state index in [1.165, 1.54) is 0 Å². The summed E-state index contributed by atoms with van der Waals surface area (Å²) in [5.74, 6) is 0. The Hall–Kier alpha value is -1.83. The van der Waals surface area contributed by atoms with E-state index in [0.29, 0.717) is 19.7 Å². The van der Waals surface area contributed by atoms with Gasteiger partial charge in [-0.3, -0.25) is 0 Å². The van der Waals surface area contributed by atoms with E-state index in [1.807, 2.05) is 6.92 Å². The lowest BCUT2D eigenvalue weighted by Gasteiger charge is -2.31. The Morgan fingerprint density at radius 3 is 2.58 bits per heavy atom. The highest BCUT2D eigenvalue weighted by Gasteiger charge is 2.25. The number of aromatic nitrogens is 1. The summed E-state index contributed by atoms with van der Waals surface area (Å²) in [6.07, 6.45) is 1.18. The number of piperidine rings is 1. The van der Waals surface area contributed by atoms with E-state index in [-0.39, 0.29) is 29.6 Å². The molecule has 2 N–H and O–H groups in total. The number of hydrogen-bond acceptors (Lipinski definition) is 5. The third-order valence-corrected chi connectivity index (χ3v) is 5.39. The van der Waals surface area contributed by atoms with Gasteiger partial charge in [0.15, 0.2) is 0 Å². The van der Waals surface area contributed by atoms with Crippen molar-refractivity contribution in [3.8, 4) is 0 Å². The van der Waals surface area contributed by atoms with E-state index in [9.17, 15) is 9.59 Å². The fraction of sp³-hybridized carbons (Fsp3) is 0.722. The molecule has 1 saturated heterocycles. The molecule has 0 spiro atoms. The fourth-order valence-corrected chi connectivity index (χ4v) is 3.79. The van der Waals surface area contributed by atoms with Crippen molar-refractivity contribution >= 4 is 23.5 Å². The van der Waals surface area contributed by atoms with Gasteiger partial charge in [0.1, 0.15) is 5.01 Å². The van der Waals surface area contributed by atoms with Gasteiger partial charge in [0.05, 0.1) is 18.3 Å². The number of likely N-dealkylation sites (tertiary alicyclic amines) is 1. The molecule has 0 saturated carbocycles. The van der Waals surface area contributed by atoms with Crippen molar-refractivity contribution in [3.05, 3.63) is 16.1 Å². The van der Waals surface area contributed by atoms with Crippen LogP contribution in [0.4, 0.5) is 9.59 Å². The first kappa shape index (κ1) is 20.5. The van der Waals surface area contributed by atoms with Crippen LogP contribution in [0.15, 0.2) is 5.38 Å². The molecule has 0 radical (unpaired) electrons. The molecular weight excluding hydrogens is 352 g/mol. The van der Waals surface area contributed by atoms with Gasteiger partial charge in [-0.05, 0) is 26.7 Å². The summed E-state index contributed by atoms with van der Waals surface area (Å²) in [6, 6.07) is -0.273. The molecule has 0 bridgehead atoms. The van der Waals surface area contributed by atoms with Gasteiger partial charge in [0.2, 0.25) is 0 Å². The highest BCUT2D eigenvalue weighted by Crippen LogP contribution is 2.26. The number of nitrogens with zero attached hydrogens (tertiary/aromatic N) is 2. The Kier molecular flexibility index (Phi) is 6.86. The van der Waals surface area contributed by atoms with E-state index < -0.39 is 0 Å². The number of thiazole rings is 1. The highest BCUT2D eigenvalue weighted by molar-refractivity contribution is 7.09. The van der Waals surface area contributed by atoms with Crippen LogP contribution in [-0.4, -0.2) is 47.7 Å². The third-order valence-electron chi connectivity index (χ3n) is 4.36. The molecule has 1 unspecified atom stereocenters. The van der Waals surface area contributed by atoms with Gasteiger partial charge in [0, 0.05) is 29.9 Å². The molecule has 2 heterocycles. The monoisotopic (exact) mass is 382 g/mol. The standard InChI is InChI=1S/C18H30N4O3S/c1-6-25-17(24)22-9-7-13(8-10-22)20-16(23)19-12(2)15-21-14(11-26-15)18(3,4)5/h11-13H,6-10H2,1-5H3,(H2,19,20,23). The number of rotatable bonds is 4. The molecule has 1 fully saturated rings. The molecule has 1 aliphatic heterocycles. The molecular formula is C18H30N4O3S. The molecule has 8 heteroatoms. The molecule has 2 rings (SSSR count). The molecule has 1 atom stereocenters. The summed E-state index contributed by atoms with van der Waals surface area (Å²) in [5.41, 5.74) is 1.04. The maximum Gasteiger partial charge on any atom is 0.409 e. The minimum absolute atomic E-state index is 0.00360. The number of amides is 3. The summed E-state index contributed by atoms with van der Waals surface area (Å²) in [5, 5.41) is 8.91. The zero-order valence-electron chi connectivity index (χ0n) is 16.3. The summed E-state index contributed by atoms with van der Waals surface area (Å²) < 4.78 is 5.01. The Balaban J connectivity index is 1.78. The first-order valence-electron chi connectivity index (χ1n) is 9.15. The van der Waals surface area contributed by atoms with E-state index in [0.717, 1.165) is 23.5 Å². The van der Waals surface area contributed by atoms with E-state index in [2.05, 4.69) is 41.8 Å². The largest absolute Gasteiger partial charge is 0.450 e. The van der Waals surface area contributed by atoms with Crippen LogP contribution in [0.2, 0.25) is 0 Å². The second-order valence-corrected chi connectivity index (χ2v) is 8.51. The van der Waals surface area contributed by atoms with Gasteiger partial charge in [-0.15, -0.1) is 11.3 Å². The lowest BCUT2D eigenvalue weighted by molar-refractivity contribution is 0.0957. The number of hydrogen-bond donors (Lipinski definition) is 2. The van der Waals surface area contributed by atoms with Gasteiger partial charge in [-0.2, -0.15) is 0 Å². The van der Waals surface area contributed by atoms with E-state index in [1.54, 1.807) is 23.2 Å². The lowest BCUT2D eigenvalue weighted by Crippen LogP contribution is -2.49. The van der Waals surface area contributed by atoms with Crippen LogP contribution in [0.5, 0.6) is 0 Å². The van der Waals surface area contributed by atoms with Crippen molar-refractivity contribution < 1.29 is 14.3 Å². The van der Waals surface area contributed by atoms with Gasteiger partial charge < -0.3 is 20.3 Å². The van der Waals surface area contributed by atoms with Gasteiger partial charge in [-0.25, -0.2) is 14.6 Å². The number of ether oxygens (including phenoxy) is 1. The normalized spacial score (nSPS) is 16.9. The van der Waals surface area contributed by atoms with Crippen LogP contribution < -0.4 is 10.6 Å². The molecule has 26 heavy (non-hydrogen) atoms. The molecule has 3 amide bonds. The van der Waals surface area contributed by atoms with Gasteiger partial charge in [0.25, 0.3) is 0 Å². The topological polar surface area (TPSA) is 83.6 Å². The molecule has 146 valence electrons. The smallest absolute Gasteiger partial charge is 0.409 e. The molecule has 1 aliphatic rings. The number of urea groups is 1. The lowest BCUT2D eigenvalue weighted by atomic mass is 9.93. The quantitative estimate of drug-likeness (QED) is 0.836. The fourth-order valence-electron chi connectivity index (χ4n) is 2.74. The van der Waals surface area contributed by atoms with Crippen LogP contribution in [-0.2, 0) is 10.2 Å². The van der Waals surface area contributed by atoms with Crippen molar-refractivity contribution in [3.63, 3.8) is 0 Å². The zero-order valence-corrected chi connectivity index (χ0v) is 17.1. The minimum Gasteiger partial charge on any atom is -0.450 e. The van der Waals surface area contributed by atoms with Crippen molar-refractivity contribution in [2.75, 3.05) is 19.7 Å². The maximum absolute atomic E-state index is 12.3. The van der Waals surface area contributed by atoms with E-state index >= 15 is 0 Å². The van der Waals surface area contributed by atoms with Crippen LogP contribution in [0.25, 0.3) is 0 Å². The number of nitrogens with one attached hydrogen (secondary N) is 2. The Labute approximate surface area is 159 Å². The van der Waals surface area contributed by atoms with Gasteiger partial charge >= 0.3 is 12.1 Å². The first-order chi connectivity index (χ1) is 12.2. The predicted octanol–water partition coefficient (Wildman–Crippen LogP) is 3.42. The van der Waals surface area contributed by atoms with Crippen LogP contribution >= 0.6 is 11.3 Å². The Bertz CT molecular complexity index is 618. The van der Waals surface area contributed by atoms with Crippen molar-refractivity contribution in [1.82, 2.24) is 20.5 Å². The second kappa shape index (κ2) is 8.70. The van der Waals surface area contributed by atoms with Crippen molar-refractivity contribution in [1.29, 1.82) is 0 Å². The number of carbonyl (C=O) groups excluding carboxylic acids is 2. The number of carbonyl (C=O) groups is 2. The van der Waals surface area contributed by atoms with Crippen molar-refractivity contribution in [2.24, 2.45) is 0 Å². The maximum atomic E-state index is 12.3. The summed E-state index contributed by atoms with van der Waals surface area (Å²) in [4.78, 5) is 30.3.